The molecule has 7 nitrogen and oxygen atoms in total. The van der Waals surface area contributed by atoms with E-state index in [0.29, 0.717) is 12.4 Å². The highest BCUT2D eigenvalue weighted by molar-refractivity contribution is 5.54. The molecule has 4 aromatic heterocycles. The number of furan rings is 1. The normalized spacial score (nSPS) is 13.9. The summed E-state index contributed by atoms with van der Waals surface area (Å²) in [5.74, 6) is 1.35. The highest BCUT2D eigenvalue weighted by Crippen LogP contribution is 2.21. The molecule has 5 rings (SSSR count). The zero-order valence-corrected chi connectivity index (χ0v) is 15.7. The molecule has 0 bridgehead atoms. The molecule has 29 heavy (non-hydrogen) atoms. The van der Waals surface area contributed by atoms with Gasteiger partial charge in [0.15, 0.2) is 5.76 Å². The number of hydrogen-bond donors (Lipinski definition) is 1. The summed E-state index contributed by atoms with van der Waals surface area (Å²) in [5, 5.41) is 0. The fourth-order valence-corrected chi connectivity index (χ4v) is 3.61. The summed E-state index contributed by atoms with van der Waals surface area (Å²) in [6.45, 7) is 2.16. The van der Waals surface area contributed by atoms with Crippen molar-refractivity contribution in [3.05, 3.63) is 88.4 Å². The van der Waals surface area contributed by atoms with E-state index >= 15 is 0 Å². The van der Waals surface area contributed by atoms with Crippen molar-refractivity contribution >= 4 is 0 Å². The topological polar surface area (TPSA) is 87.9 Å². The van der Waals surface area contributed by atoms with Crippen LogP contribution < -0.4 is 5.56 Å². The molecule has 4 aromatic rings. The molecule has 144 valence electrons. The molecular formula is C22H19N5O2. The molecule has 1 N–H and O–H groups in total. The lowest BCUT2D eigenvalue weighted by Crippen LogP contribution is -2.35. The van der Waals surface area contributed by atoms with Crippen LogP contribution in [0.15, 0.2) is 70.5 Å². The van der Waals surface area contributed by atoms with Gasteiger partial charge in [0.25, 0.3) is 5.56 Å². The van der Waals surface area contributed by atoms with Crippen LogP contribution in [0, 0.1) is 0 Å². The van der Waals surface area contributed by atoms with Gasteiger partial charge in [-0.05, 0) is 35.9 Å². The van der Waals surface area contributed by atoms with Gasteiger partial charge in [0.2, 0.25) is 0 Å². The van der Waals surface area contributed by atoms with E-state index in [0.717, 1.165) is 53.3 Å². The van der Waals surface area contributed by atoms with E-state index in [9.17, 15) is 4.79 Å². The van der Waals surface area contributed by atoms with Crippen molar-refractivity contribution in [2.45, 2.75) is 19.5 Å². The Bertz CT molecular complexity index is 1170. The van der Waals surface area contributed by atoms with Crippen molar-refractivity contribution in [3.63, 3.8) is 0 Å². The van der Waals surface area contributed by atoms with Gasteiger partial charge in [0.1, 0.15) is 11.5 Å². The summed E-state index contributed by atoms with van der Waals surface area (Å²) in [6.07, 6.45) is 7.64. The first kappa shape index (κ1) is 17.5. The van der Waals surface area contributed by atoms with Gasteiger partial charge in [-0.3, -0.25) is 19.7 Å². The SMILES string of the molecule is O=c1[nH]c(-c2ccncc2)nc2c1CN(Cc1ccc(-c3ccco3)nc1)CC2. The number of nitrogens with one attached hydrogen (secondary N) is 1. The van der Waals surface area contributed by atoms with E-state index in [1.165, 1.54) is 0 Å². The number of nitrogens with zero attached hydrogens (tertiary/aromatic N) is 4. The van der Waals surface area contributed by atoms with Crippen molar-refractivity contribution < 1.29 is 4.42 Å². The number of hydrogen-bond acceptors (Lipinski definition) is 6. The van der Waals surface area contributed by atoms with Crippen molar-refractivity contribution in [1.82, 2.24) is 24.8 Å². The largest absolute Gasteiger partial charge is 0.463 e. The first-order valence-corrected chi connectivity index (χ1v) is 9.50. The maximum atomic E-state index is 12.7. The Balaban J connectivity index is 1.33. The van der Waals surface area contributed by atoms with Crippen LogP contribution in [0.5, 0.6) is 0 Å². The zero-order chi connectivity index (χ0) is 19.6. The van der Waals surface area contributed by atoms with E-state index in [1.54, 1.807) is 18.7 Å². The van der Waals surface area contributed by atoms with Crippen molar-refractivity contribution in [2.75, 3.05) is 6.54 Å². The van der Waals surface area contributed by atoms with Crippen molar-refractivity contribution in [3.8, 4) is 22.8 Å². The monoisotopic (exact) mass is 385 g/mol. The number of pyridine rings is 2. The van der Waals surface area contributed by atoms with Gasteiger partial charge < -0.3 is 9.40 Å². The molecule has 0 saturated heterocycles. The van der Waals surface area contributed by atoms with Gasteiger partial charge in [-0.15, -0.1) is 0 Å². The Morgan fingerprint density at radius 3 is 2.79 bits per heavy atom. The molecule has 0 aromatic carbocycles. The molecule has 1 aliphatic heterocycles. The smallest absolute Gasteiger partial charge is 0.255 e. The molecule has 0 unspecified atom stereocenters. The standard InChI is InChI=1S/C22H19N5O2/c28-22-17-14-27(13-15-3-4-19(24-12-15)20-2-1-11-29-20)10-7-18(17)25-21(26-22)16-5-8-23-9-6-16/h1-6,8-9,11-12H,7,10,13-14H2,(H,25,26,28). The molecule has 0 amide bonds. The summed E-state index contributed by atoms with van der Waals surface area (Å²) < 4.78 is 5.38. The number of fused-ring (bicyclic) bond motifs is 1. The molecule has 0 spiro atoms. The third-order valence-electron chi connectivity index (χ3n) is 5.11. The molecule has 0 fully saturated rings. The van der Waals surface area contributed by atoms with Crippen LogP contribution in [-0.4, -0.2) is 31.4 Å². The fourth-order valence-electron chi connectivity index (χ4n) is 3.61. The van der Waals surface area contributed by atoms with Crippen LogP contribution in [0.1, 0.15) is 16.8 Å². The van der Waals surface area contributed by atoms with E-state index in [1.807, 2.05) is 36.5 Å². The van der Waals surface area contributed by atoms with Gasteiger partial charge in [-0.25, -0.2) is 4.98 Å². The number of H-pyrrole nitrogens is 1. The lowest BCUT2D eigenvalue weighted by atomic mass is 10.1. The molecule has 0 atom stereocenters. The maximum absolute atomic E-state index is 12.7. The van der Waals surface area contributed by atoms with Gasteiger partial charge >= 0.3 is 0 Å². The molecule has 0 aliphatic carbocycles. The summed E-state index contributed by atoms with van der Waals surface area (Å²) >= 11 is 0. The van der Waals surface area contributed by atoms with Gasteiger partial charge in [0.05, 0.1) is 17.5 Å². The van der Waals surface area contributed by atoms with Crippen molar-refractivity contribution in [2.24, 2.45) is 0 Å². The zero-order valence-electron chi connectivity index (χ0n) is 15.7. The lowest BCUT2D eigenvalue weighted by Gasteiger charge is -2.27. The molecule has 1 aliphatic rings. The molecule has 7 heteroatoms. The predicted molar refractivity (Wildman–Crippen MR) is 108 cm³/mol. The second-order valence-corrected chi connectivity index (χ2v) is 7.07. The Morgan fingerprint density at radius 1 is 1.14 bits per heavy atom. The Labute approximate surface area is 167 Å². The quantitative estimate of drug-likeness (QED) is 0.581. The van der Waals surface area contributed by atoms with E-state index in [2.05, 4.69) is 25.9 Å². The number of aromatic amines is 1. The van der Waals surface area contributed by atoms with Crippen LogP contribution in [0.3, 0.4) is 0 Å². The van der Waals surface area contributed by atoms with Crippen LogP contribution in [0.4, 0.5) is 0 Å². The minimum Gasteiger partial charge on any atom is -0.463 e. The molecule has 0 radical (unpaired) electrons. The summed E-state index contributed by atoms with van der Waals surface area (Å²) in [6, 6.07) is 11.4. The van der Waals surface area contributed by atoms with Crippen LogP contribution >= 0.6 is 0 Å². The summed E-state index contributed by atoms with van der Waals surface area (Å²) in [4.78, 5) is 31.0. The third kappa shape index (κ3) is 3.60. The molecular weight excluding hydrogens is 366 g/mol. The van der Waals surface area contributed by atoms with Crippen LogP contribution in [-0.2, 0) is 19.5 Å². The number of rotatable bonds is 4. The summed E-state index contributed by atoms with van der Waals surface area (Å²) in [5.41, 5.74) is 4.33. The van der Waals surface area contributed by atoms with Crippen LogP contribution in [0.25, 0.3) is 22.8 Å². The highest BCUT2D eigenvalue weighted by atomic mass is 16.3. The number of aromatic nitrogens is 4. The van der Waals surface area contributed by atoms with E-state index in [-0.39, 0.29) is 5.56 Å². The van der Waals surface area contributed by atoms with Gasteiger partial charge in [-0.1, -0.05) is 6.07 Å². The maximum Gasteiger partial charge on any atom is 0.255 e. The predicted octanol–water partition coefficient (Wildman–Crippen LogP) is 3.05. The Morgan fingerprint density at radius 2 is 2.03 bits per heavy atom. The first-order valence-electron chi connectivity index (χ1n) is 9.50. The van der Waals surface area contributed by atoms with E-state index < -0.39 is 0 Å². The van der Waals surface area contributed by atoms with Crippen molar-refractivity contribution in [1.29, 1.82) is 0 Å². The van der Waals surface area contributed by atoms with Crippen LogP contribution in [0.2, 0.25) is 0 Å². The average molecular weight is 385 g/mol. The van der Waals surface area contributed by atoms with Gasteiger partial charge in [0, 0.05) is 50.2 Å². The minimum atomic E-state index is -0.0715. The Hall–Kier alpha value is -3.58. The second kappa shape index (κ2) is 7.44. The Kier molecular flexibility index (Phi) is 4.50. The van der Waals surface area contributed by atoms with E-state index in [4.69, 9.17) is 9.40 Å². The first-order chi connectivity index (χ1) is 14.3. The molecule has 5 heterocycles. The van der Waals surface area contributed by atoms with Gasteiger partial charge in [-0.2, -0.15) is 0 Å². The second-order valence-electron chi connectivity index (χ2n) is 7.07. The summed E-state index contributed by atoms with van der Waals surface area (Å²) in [7, 11) is 0. The highest BCUT2D eigenvalue weighted by Gasteiger charge is 2.21. The lowest BCUT2D eigenvalue weighted by molar-refractivity contribution is 0.241. The fraction of sp³-hybridized carbons (Fsp3) is 0.182. The average Bonchev–Trinajstić information content (AvgIpc) is 3.30. The minimum absolute atomic E-state index is 0.0715. The molecule has 0 saturated carbocycles. The third-order valence-corrected chi connectivity index (χ3v) is 5.11.